The fourth-order valence-electron chi connectivity index (χ4n) is 1.84. The third-order valence-electron chi connectivity index (χ3n) is 2.87. The quantitative estimate of drug-likeness (QED) is 0.870. The summed E-state index contributed by atoms with van der Waals surface area (Å²) in [6.07, 6.45) is 0. The van der Waals surface area contributed by atoms with Gasteiger partial charge in [-0.25, -0.2) is 22.0 Å². The van der Waals surface area contributed by atoms with Crippen LogP contribution in [0.4, 0.5) is 5.69 Å². The van der Waals surface area contributed by atoms with Crippen molar-refractivity contribution in [3.63, 3.8) is 0 Å². The molecular formula is C13H13ClN2O4S2. The highest BCUT2D eigenvalue weighted by Crippen LogP contribution is 2.25. The molecule has 0 aliphatic carbocycles. The molecule has 0 heterocycles. The van der Waals surface area contributed by atoms with Crippen molar-refractivity contribution in [3.8, 4) is 0 Å². The summed E-state index contributed by atoms with van der Waals surface area (Å²) in [6, 6.07) is 10.00. The molecule has 0 saturated heterocycles. The first kappa shape index (κ1) is 16.8. The second kappa shape index (κ2) is 5.88. The average molecular weight is 361 g/mol. The van der Waals surface area contributed by atoms with Gasteiger partial charge in [0.05, 0.1) is 15.6 Å². The third-order valence-corrected chi connectivity index (χ3v) is 5.81. The number of primary sulfonamides is 1. The van der Waals surface area contributed by atoms with Crippen LogP contribution in [0.3, 0.4) is 0 Å². The Balaban J connectivity index is 2.46. The number of halogens is 1. The van der Waals surface area contributed by atoms with E-state index in [1.807, 2.05) is 0 Å². The van der Waals surface area contributed by atoms with Crippen LogP contribution in [0.25, 0.3) is 0 Å². The lowest BCUT2D eigenvalue weighted by atomic mass is 10.2. The van der Waals surface area contributed by atoms with Gasteiger partial charge in [-0.05, 0) is 36.8 Å². The smallest absolute Gasteiger partial charge is 0.263 e. The molecule has 2 aromatic carbocycles. The van der Waals surface area contributed by atoms with Gasteiger partial charge in [0, 0.05) is 0 Å². The molecule has 3 N–H and O–H groups in total. The second-order valence-corrected chi connectivity index (χ2v) is 8.15. The zero-order valence-electron chi connectivity index (χ0n) is 11.4. The molecule has 22 heavy (non-hydrogen) atoms. The van der Waals surface area contributed by atoms with Crippen LogP contribution in [0.1, 0.15) is 5.56 Å². The van der Waals surface area contributed by atoms with Crippen molar-refractivity contribution in [1.82, 2.24) is 0 Å². The van der Waals surface area contributed by atoms with Crippen molar-refractivity contribution in [2.75, 3.05) is 4.72 Å². The van der Waals surface area contributed by atoms with E-state index in [0.717, 1.165) is 0 Å². The van der Waals surface area contributed by atoms with Crippen molar-refractivity contribution < 1.29 is 16.8 Å². The van der Waals surface area contributed by atoms with Gasteiger partial charge in [0.1, 0.15) is 4.90 Å². The monoisotopic (exact) mass is 360 g/mol. The molecule has 0 unspecified atom stereocenters. The van der Waals surface area contributed by atoms with Gasteiger partial charge in [-0.1, -0.05) is 29.8 Å². The predicted octanol–water partition coefficient (Wildman–Crippen LogP) is 2.10. The Hall–Kier alpha value is -1.61. The number of hydrogen-bond acceptors (Lipinski definition) is 4. The zero-order chi connectivity index (χ0) is 16.5. The first-order valence-corrected chi connectivity index (χ1v) is 9.43. The summed E-state index contributed by atoms with van der Waals surface area (Å²) >= 11 is 5.87. The molecule has 0 bridgehead atoms. The molecule has 0 aromatic heterocycles. The van der Waals surface area contributed by atoms with Gasteiger partial charge in [-0.3, -0.25) is 4.72 Å². The van der Waals surface area contributed by atoms with E-state index in [1.54, 1.807) is 13.0 Å². The molecule has 118 valence electrons. The highest BCUT2D eigenvalue weighted by atomic mass is 35.5. The number of hydrogen-bond donors (Lipinski definition) is 2. The van der Waals surface area contributed by atoms with Crippen molar-refractivity contribution in [3.05, 3.63) is 53.1 Å². The van der Waals surface area contributed by atoms with E-state index in [-0.39, 0.29) is 20.5 Å². The maximum absolute atomic E-state index is 12.3. The number of aryl methyl sites for hydroxylation is 1. The van der Waals surface area contributed by atoms with Crippen LogP contribution < -0.4 is 9.86 Å². The third kappa shape index (κ3) is 3.58. The summed E-state index contributed by atoms with van der Waals surface area (Å²) in [6.45, 7) is 1.56. The van der Waals surface area contributed by atoms with Crippen LogP contribution in [0.15, 0.2) is 52.3 Å². The maximum Gasteiger partial charge on any atom is 0.263 e. The highest BCUT2D eigenvalue weighted by Gasteiger charge is 2.19. The van der Waals surface area contributed by atoms with E-state index >= 15 is 0 Å². The van der Waals surface area contributed by atoms with Gasteiger partial charge in [0.2, 0.25) is 10.0 Å². The molecule has 2 aromatic rings. The lowest BCUT2D eigenvalue weighted by molar-refractivity contribution is 0.596. The fourth-order valence-corrected chi connectivity index (χ4v) is 4.22. The first-order valence-electron chi connectivity index (χ1n) is 6.02. The van der Waals surface area contributed by atoms with Gasteiger partial charge in [0.25, 0.3) is 10.0 Å². The van der Waals surface area contributed by atoms with Gasteiger partial charge < -0.3 is 0 Å². The minimum atomic E-state index is -3.95. The fraction of sp³-hybridized carbons (Fsp3) is 0.0769. The van der Waals surface area contributed by atoms with Crippen LogP contribution in [0.2, 0.25) is 5.02 Å². The van der Waals surface area contributed by atoms with Gasteiger partial charge >= 0.3 is 0 Å². The largest absolute Gasteiger partial charge is 0.280 e. The number of rotatable bonds is 4. The Morgan fingerprint density at radius 2 is 1.64 bits per heavy atom. The Labute approximate surface area is 134 Å². The summed E-state index contributed by atoms with van der Waals surface area (Å²) in [5.74, 6) is 0. The number of benzene rings is 2. The predicted molar refractivity (Wildman–Crippen MR) is 84.8 cm³/mol. The van der Waals surface area contributed by atoms with Gasteiger partial charge in [-0.15, -0.1) is 0 Å². The number of anilines is 1. The summed E-state index contributed by atoms with van der Waals surface area (Å²) in [5.41, 5.74) is 0.498. The van der Waals surface area contributed by atoms with Gasteiger partial charge in [0.15, 0.2) is 0 Å². The van der Waals surface area contributed by atoms with Crippen LogP contribution in [0.5, 0.6) is 0 Å². The zero-order valence-corrected chi connectivity index (χ0v) is 13.8. The first-order chi connectivity index (χ1) is 10.1. The molecule has 0 saturated carbocycles. The molecule has 9 heteroatoms. The highest BCUT2D eigenvalue weighted by molar-refractivity contribution is 7.92. The standard InChI is InChI=1S/C13H13ClN2O4S2/c1-9-6-7-10(8-13(9)21(15,17)18)16-22(19,20)12-5-3-2-4-11(12)14/h2-8,16H,1H3,(H2,15,17,18). The van der Waals surface area contributed by atoms with Gasteiger partial charge in [-0.2, -0.15) is 0 Å². The Bertz CT molecular complexity index is 925. The SMILES string of the molecule is Cc1ccc(NS(=O)(=O)c2ccccc2Cl)cc1S(N)(=O)=O. The van der Waals surface area contributed by atoms with Crippen molar-refractivity contribution in [2.45, 2.75) is 16.7 Å². The van der Waals surface area contributed by atoms with Crippen molar-refractivity contribution in [1.29, 1.82) is 0 Å². The summed E-state index contributed by atoms with van der Waals surface area (Å²) in [5, 5.41) is 5.16. The lowest BCUT2D eigenvalue weighted by Crippen LogP contribution is -2.16. The average Bonchev–Trinajstić information content (AvgIpc) is 2.39. The molecular weight excluding hydrogens is 348 g/mol. The van der Waals surface area contributed by atoms with Crippen LogP contribution in [-0.2, 0) is 20.0 Å². The normalized spacial score (nSPS) is 12.1. The molecule has 2 rings (SSSR count). The molecule has 0 amide bonds. The lowest BCUT2D eigenvalue weighted by Gasteiger charge is -2.11. The molecule has 6 nitrogen and oxygen atoms in total. The number of nitrogens with one attached hydrogen (secondary N) is 1. The summed E-state index contributed by atoms with van der Waals surface area (Å²) in [4.78, 5) is -0.249. The minimum absolute atomic E-state index is 0.0637. The molecule has 0 aliphatic rings. The van der Waals surface area contributed by atoms with Crippen LogP contribution in [0, 0.1) is 6.92 Å². The van der Waals surface area contributed by atoms with E-state index in [4.69, 9.17) is 16.7 Å². The molecule has 0 aliphatic heterocycles. The molecule has 0 fully saturated rings. The minimum Gasteiger partial charge on any atom is -0.280 e. The number of nitrogens with two attached hydrogens (primary N) is 1. The molecule has 0 atom stereocenters. The van der Waals surface area contributed by atoms with Crippen molar-refractivity contribution in [2.24, 2.45) is 5.14 Å². The second-order valence-electron chi connectivity index (χ2n) is 4.56. The Morgan fingerprint density at radius 1 is 1.00 bits per heavy atom. The number of sulfonamides is 2. The summed E-state index contributed by atoms with van der Waals surface area (Å²) in [7, 11) is -7.88. The van der Waals surface area contributed by atoms with E-state index in [0.29, 0.717) is 5.56 Å². The Kier molecular flexibility index (Phi) is 4.48. The molecule has 0 radical (unpaired) electrons. The van der Waals surface area contributed by atoms with Crippen molar-refractivity contribution >= 4 is 37.3 Å². The topological polar surface area (TPSA) is 106 Å². The van der Waals surface area contributed by atoms with E-state index in [2.05, 4.69) is 4.72 Å². The molecule has 0 spiro atoms. The summed E-state index contributed by atoms with van der Waals surface area (Å²) < 4.78 is 49.8. The van der Waals surface area contributed by atoms with E-state index < -0.39 is 20.0 Å². The van der Waals surface area contributed by atoms with E-state index in [9.17, 15) is 16.8 Å². The van der Waals surface area contributed by atoms with Crippen LogP contribution >= 0.6 is 11.6 Å². The Morgan fingerprint density at radius 3 is 2.23 bits per heavy atom. The van der Waals surface area contributed by atoms with E-state index in [1.165, 1.54) is 36.4 Å². The maximum atomic E-state index is 12.3. The van der Waals surface area contributed by atoms with Crippen LogP contribution in [-0.4, -0.2) is 16.8 Å².